The maximum atomic E-state index is 15.1. The molecule has 0 spiro atoms. The second-order valence-electron chi connectivity index (χ2n) is 9.32. The predicted octanol–water partition coefficient (Wildman–Crippen LogP) is 3.49. The number of hydrogen-bond donors (Lipinski definition) is 3. The van der Waals surface area contributed by atoms with E-state index in [0.717, 1.165) is 11.8 Å². The molecule has 1 aliphatic heterocycles. The van der Waals surface area contributed by atoms with Crippen LogP contribution >= 0.6 is 7.75 Å². The van der Waals surface area contributed by atoms with Crippen LogP contribution in [0.15, 0.2) is 77.7 Å². The minimum atomic E-state index is -4.46. The number of carbonyl (C=O) groups excluding carboxylic acids is 1. The topological polar surface area (TPSA) is 150 Å². The van der Waals surface area contributed by atoms with Crippen LogP contribution in [0.3, 0.4) is 0 Å². The summed E-state index contributed by atoms with van der Waals surface area (Å²) in [4.78, 5) is 28.7. The fourth-order valence-corrected chi connectivity index (χ4v) is 5.50. The fourth-order valence-electron chi connectivity index (χ4n) is 4.00. The van der Waals surface area contributed by atoms with E-state index in [0.29, 0.717) is 11.1 Å². The van der Waals surface area contributed by atoms with Crippen molar-refractivity contribution >= 4 is 19.5 Å². The highest BCUT2D eigenvalue weighted by Crippen LogP contribution is 2.48. The second kappa shape index (κ2) is 13.5. The van der Waals surface area contributed by atoms with Gasteiger partial charge in [-0.2, -0.15) is 18.9 Å². The first-order valence-corrected chi connectivity index (χ1v) is 14.6. The standard InChI is InChI=1S/C27H31F2N4O8P/c1-3-30-22-14-15-33(26(36)31-22)25-27(28,29)23(34)21(40-25)17-39-42(37,41-20-12-8-5-9-13-20)32-18(2)24(35)38-16-19-10-6-4-7-11-19/h4-15,18,21,23,25,34H,3,16-17H2,1-2H3,(H,32,37)(H,30,31,36)/t18?,21-,23-,25-,42?/m1/s1. The molecule has 2 unspecified atom stereocenters. The average molecular weight is 609 g/mol. The van der Waals surface area contributed by atoms with E-state index < -0.39 is 56.4 Å². The van der Waals surface area contributed by atoms with E-state index >= 15 is 8.78 Å². The number of aromatic nitrogens is 2. The van der Waals surface area contributed by atoms with Crippen molar-refractivity contribution in [3.05, 3.63) is 89.0 Å². The Labute approximate surface area is 240 Å². The highest BCUT2D eigenvalue weighted by atomic mass is 31.2. The highest BCUT2D eigenvalue weighted by Gasteiger charge is 2.60. The molecule has 1 aliphatic rings. The maximum absolute atomic E-state index is 15.1. The zero-order valence-corrected chi connectivity index (χ0v) is 23.7. The Morgan fingerprint density at radius 3 is 2.48 bits per heavy atom. The zero-order chi connectivity index (χ0) is 30.3. The van der Waals surface area contributed by atoms with Gasteiger partial charge in [-0.15, -0.1) is 0 Å². The average Bonchev–Trinajstić information content (AvgIpc) is 3.19. The number of nitrogens with one attached hydrogen (secondary N) is 2. The third kappa shape index (κ3) is 7.58. The summed E-state index contributed by atoms with van der Waals surface area (Å²) in [6.07, 6.45) is -5.33. The third-order valence-electron chi connectivity index (χ3n) is 6.13. The minimum absolute atomic E-state index is 0.0430. The first kappa shape index (κ1) is 31.3. The van der Waals surface area contributed by atoms with Crippen LogP contribution in [0.1, 0.15) is 25.6 Å². The summed E-state index contributed by atoms with van der Waals surface area (Å²) >= 11 is 0. The van der Waals surface area contributed by atoms with E-state index in [1.807, 2.05) is 6.07 Å². The number of rotatable bonds is 13. The van der Waals surface area contributed by atoms with Crippen molar-refractivity contribution in [1.29, 1.82) is 0 Å². The molecule has 12 nitrogen and oxygen atoms in total. The SMILES string of the molecule is CCNc1ccn([C@@H]2O[C@H](COP(=O)(NC(C)C(=O)OCc3ccccc3)Oc3ccccc3)[C@@H](O)C2(F)F)c(=O)n1. The molecule has 2 aromatic carbocycles. The van der Waals surface area contributed by atoms with Gasteiger partial charge in [0.1, 0.15) is 30.3 Å². The van der Waals surface area contributed by atoms with Gasteiger partial charge in [0.25, 0.3) is 0 Å². The number of benzene rings is 2. The molecule has 2 heterocycles. The van der Waals surface area contributed by atoms with Gasteiger partial charge in [-0.1, -0.05) is 48.5 Å². The van der Waals surface area contributed by atoms with Crippen LogP contribution in [0.25, 0.3) is 0 Å². The summed E-state index contributed by atoms with van der Waals surface area (Å²) in [6.45, 7) is 2.69. The number of para-hydroxylation sites is 1. The van der Waals surface area contributed by atoms with E-state index in [4.69, 9.17) is 18.5 Å². The fraction of sp³-hybridized carbons (Fsp3) is 0.370. The quantitative estimate of drug-likeness (QED) is 0.193. The molecule has 42 heavy (non-hydrogen) atoms. The Balaban J connectivity index is 1.47. The number of esters is 1. The van der Waals surface area contributed by atoms with Gasteiger partial charge in [-0.05, 0) is 37.6 Å². The third-order valence-corrected chi connectivity index (χ3v) is 7.77. The molecule has 5 atom stereocenters. The number of halogens is 2. The summed E-state index contributed by atoms with van der Waals surface area (Å²) in [7, 11) is -4.46. The summed E-state index contributed by atoms with van der Waals surface area (Å²) in [5.41, 5.74) is -0.305. The number of aliphatic hydroxyl groups excluding tert-OH is 1. The lowest BCUT2D eigenvalue weighted by molar-refractivity contribution is -0.146. The number of anilines is 1. The number of hydrogen-bond acceptors (Lipinski definition) is 10. The Morgan fingerprint density at radius 1 is 1.17 bits per heavy atom. The van der Waals surface area contributed by atoms with E-state index in [1.165, 1.54) is 25.1 Å². The molecule has 0 radical (unpaired) electrons. The molecule has 1 saturated heterocycles. The van der Waals surface area contributed by atoms with Crippen molar-refractivity contribution in [3.8, 4) is 5.75 Å². The predicted molar refractivity (Wildman–Crippen MR) is 147 cm³/mol. The molecule has 1 fully saturated rings. The van der Waals surface area contributed by atoms with Crippen molar-refractivity contribution in [1.82, 2.24) is 14.6 Å². The first-order chi connectivity index (χ1) is 20.0. The van der Waals surface area contributed by atoms with Crippen molar-refractivity contribution in [2.75, 3.05) is 18.5 Å². The number of aliphatic hydroxyl groups is 1. The summed E-state index contributed by atoms with van der Waals surface area (Å²) in [5, 5.41) is 15.6. The molecule has 1 aromatic heterocycles. The molecule has 15 heteroatoms. The monoisotopic (exact) mass is 608 g/mol. The molecule has 0 bridgehead atoms. The van der Waals surface area contributed by atoms with Crippen molar-refractivity contribution in [3.63, 3.8) is 0 Å². The molecular weight excluding hydrogens is 577 g/mol. The van der Waals surface area contributed by atoms with E-state index in [2.05, 4.69) is 15.4 Å². The van der Waals surface area contributed by atoms with Gasteiger partial charge in [-0.3, -0.25) is 13.9 Å². The van der Waals surface area contributed by atoms with E-state index in [1.54, 1.807) is 49.4 Å². The van der Waals surface area contributed by atoms with Gasteiger partial charge in [-0.25, -0.2) is 9.36 Å². The Kier molecular flexibility index (Phi) is 10.1. The maximum Gasteiger partial charge on any atom is 0.459 e. The largest absolute Gasteiger partial charge is 0.460 e. The van der Waals surface area contributed by atoms with Crippen LogP contribution in [0, 0.1) is 0 Å². The molecule has 0 aliphatic carbocycles. The smallest absolute Gasteiger partial charge is 0.459 e. The van der Waals surface area contributed by atoms with Crippen LogP contribution < -0.4 is 20.6 Å². The molecule has 3 aromatic rings. The second-order valence-corrected chi connectivity index (χ2v) is 11.0. The summed E-state index contributed by atoms with van der Waals surface area (Å²) < 4.78 is 65.9. The van der Waals surface area contributed by atoms with Crippen LogP contribution in [-0.4, -0.2) is 58.0 Å². The van der Waals surface area contributed by atoms with E-state index in [9.17, 15) is 19.3 Å². The van der Waals surface area contributed by atoms with Gasteiger partial charge >= 0.3 is 25.3 Å². The molecule has 3 N–H and O–H groups in total. The first-order valence-electron chi connectivity index (χ1n) is 13.0. The van der Waals surface area contributed by atoms with Gasteiger partial charge < -0.3 is 24.4 Å². The molecule has 0 saturated carbocycles. The van der Waals surface area contributed by atoms with Crippen molar-refractivity contribution in [2.24, 2.45) is 0 Å². The van der Waals surface area contributed by atoms with Crippen LogP contribution in [0.5, 0.6) is 5.75 Å². The van der Waals surface area contributed by atoms with Crippen LogP contribution in [0.4, 0.5) is 14.6 Å². The van der Waals surface area contributed by atoms with E-state index in [-0.39, 0.29) is 18.2 Å². The van der Waals surface area contributed by atoms with Gasteiger partial charge in [0.15, 0.2) is 6.10 Å². The minimum Gasteiger partial charge on any atom is -0.460 e. The van der Waals surface area contributed by atoms with Gasteiger partial charge in [0.05, 0.1) is 6.61 Å². The normalized spacial score (nSPS) is 21.7. The Hall–Kier alpha value is -3.68. The highest BCUT2D eigenvalue weighted by molar-refractivity contribution is 7.52. The number of alkyl halides is 2. The van der Waals surface area contributed by atoms with Crippen LogP contribution in [-0.2, 0) is 30.0 Å². The van der Waals surface area contributed by atoms with Gasteiger partial charge in [0.2, 0.25) is 6.23 Å². The summed E-state index contributed by atoms with van der Waals surface area (Å²) in [6, 6.07) is 16.8. The lowest BCUT2D eigenvalue weighted by Crippen LogP contribution is -2.42. The number of ether oxygens (including phenoxy) is 2. The molecule has 226 valence electrons. The zero-order valence-electron chi connectivity index (χ0n) is 22.8. The number of carbonyl (C=O) groups is 1. The molecule has 4 rings (SSSR count). The Morgan fingerprint density at radius 2 is 1.83 bits per heavy atom. The lowest BCUT2D eigenvalue weighted by Gasteiger charge is -2.24. The molecule has 0 amide bonds. The summed E-state index contributed by atoms with van der Waals surface area (Å²) in [5.74, 6) is -4.45. The van der Waals surface area contributed by atoms with Crippen molar-refractivity contribution < 1.29 is 41.8 Å². The van der Waals surface area contributed by atoms with Crippen LogP contribution in [0.2, 0.25) is 0 Å². The van der Waals surface area contributed by atoms with Crippen molar-refractivity contribution in [2.45, 2.75) is 50.9 Å². The lowest BCUT2D eigenvalue weighted by atomic mass is 10.1. The van der Waals surface area contributed by atoms with Gasteiger partial charge in [0, 0.05) is 12.7 Å². The number of nitrogens with zero attached hydrogens (tertiary/aromatic N) is 2. The molecular formula is C27H31F2N4O8P. The Bertz CT molecular complexity index is 1450.